The van der Waals surface area contributed by atoms with E-state index in [0.29, 0.717) is 0 Å². The van der Waals surface area contributed by atoms with Gasteiger partial charge in [-0.05, 0) is 36.9 Å². The van der Waals surface area contributed by atoms with Crippen LogP contribution in [0, 0.1) is 0 Å². The molecular formula is C21H27N3O2. The Morgan fingerprint density at radius 3 is 2.46 bits per heavy atom. The average molecular weight is 353 g/mol. The van der Waals surface area contributed by atoms with Crippen LogP contribution in [0.1, 0.15) is 14.4 Å². The minimum atomic E-state index is 0. The van der Waals surface area contributed by atoms with Gasteiger partial charge in [-0.2, -0.15) is 0 Å². The third-order valence-electron chi connectivity index (χ3n) is 4.94. The Bertz CT molecular complexity index is 849. The molecule has 0 atom stereocenters. The number of nitrogens with zero attached hydrogens (tertiary/aromatic N) is 3. The van der Waals surface area contributed by atoms with Crippen molar-refractivity contribution in [1.82, 2.24) is 9.88 Å². The summed E-state index contributed by atoms with van der Waals surface area (Å²) >= 11 is 0. The standard InChI is InChI=1S/C20H23N3O2.CH4/c1-3-22-9-11-23(12-10-22)20-17-8-13-25-19(17)14-18(21-20)15-4-6-16(24-2)7-5-15;/h4-8,13-14H,3,9-12H2,1-2H3;1H4. The normalized spacial score (nSPS) is 15.1. The Labute approximate surface area is 155 Å². The molecule has 4 rings (SSSR count). The lowest BCUT2D eigenvalue weighted by Crippen LogP contribution is -2.46. The monoisotopic (exact) mass is 353 g/mol. The fourth-order valence-electron chi connectivity index (χ4n) is 3.37. The number of aromatic nitrogens is 1. The maximum Gasteiger partial charge on any atom is 0.140 e. The molecule has 1 saturated heterocycles. The molecule has 5 nitrogen and oxygen atoms in total. The summed E-state index contributed by atoms with van der Waals surface area (Å²) in [5.74, 6) is 1.87. The van der Waals surface area contributed by atoms with Crippen LogP contribution >= 0.6 is 0 Å². The van der Waals surface area contributed by atoms with E-state index in [9.17, 15) is 0 Å². The molecule has 0 radical (unpaired) electrons. The number of anilines is 1. The summed E-state index contributed by atoms with van der Waals surface area (Å²) in [5.41, 5.74) is 2.87. The fraction of sp³-hybridized carbons (Fsp3) is 0.381. The first kappa shape index (κ1) is 18.3. The maximum absolute atomic E-state index is 5.70. The number of ether oxygens (including phenoxy) is 1. The van der Waals surface area contributed by atoms with Crippen molar-refractivity contribution in [1.29, 1.82) is 0 Å². The van der Waals surface area contributed by atoms with E-state index >= 15 is 0 Å². The second-order valence-electron chi connectivity index (χ2n) is 6.31. The number of methoxy groups -OCH3 is 1. The van der Waals surface area contributed by atoms with E-state index in [1.807, 2.05) is 36.4 Å². The van der Waals surface area contributed by atoms with Gasteiger partial charge in [0, 0.05) is 37.8 Å². The van der Waals surface area contributed by atoms with Crippen molar-refractivity contribution in [3.8, 4) is 17.0 Å². The van der Waals surface area contributed by atoms with Crippen molar-refractivity contribution in [2.75, 3.05) is 44.7 Å². The van der Waals surface area contributed by atoms with Crippen LogP contribution in [0.4, 0.5) is 5.82 Å². The van der Waals surface area contributed by atoms with Crippen molar-refractivity contribution in [2.45, 2.75) is 14.4 Å². The Hall–Kier alpha value is -2.53. The molecular weight excluding hydrogens is 326 g/mol. The summed E-state index contributed by atoms with van der Waals surface area (Å²) in [4.78, 5) is 9.82. The van der Waals surface area contributed by atoms with Gasteiger partial charge in [0.15, 0.2) is 0 Å². The largest absolute Gasteiger partial charge is 0.497 e. The lowest BCUT2D eigenvalue weighted by atomic mass is 10.1. The van der Waals surface area contributed by atoms with E-state index < -0.39 is 0 Å². The van der Waals surface area contributed by atoms with Gasteiger partial charge >= 0.3 is 0 Å². The van der Waals surface area contributed by atoms with Crippen molar-refractivity contribution in [3.63, 3.8) is 0 Å². The summed E-state index contributed by atoms with van der Waals surface area (Å²) in [6, 6.07) is 12.0. The molecule has 0 unspecified atom stereocenters. The second kappa shape index (κ2) is 7.79. The Balaban J connectivity index is 0.00000196. The molecule has 0 aliphatic carbocycles. The van der Waals surface area contributed by atoms with E-state index in [-0.39, 0.29) is 7.43 Å². The predicted molar refractivity (Wildman–Crippen MR) is 107 cm³/mol. The summed E-state index contributed by atoms with van der Waals surface area (Å²) < 4.78 is 10.9. The van der Waals surface area contributed by atoms with Crippen LogP contribution in [0.25, 0.3) is 22.2 Å². The van der Waals surface area contributed by atoms with Gasteiger partial charge in [0.1, 0.15) is 17.2 Å². The molecule has 1 aromatic carbocycles. The SMILES string of the molecule is C.CCN1CCN(c2nc(-c3ccc(OC)cc3)cc3occc23)CC1. The van der Waals surface area contributed by atoms with Crippen molar-refractivity contribution in [3.05, 3.63) is 42.7 Å². The minimum absolute atomic E-state index is 0. The number of fused-ring (bicyclic) bond motifs is 1. The van der Waals surface area contributed by atoms with Gasteiger partial charge in [0.05, 0.1) is 24.5 Å². The first-order valence-electron chi connectivity index (χ1n) is 8.78. The Morgan fingerprint density at radius 2 is 1.81 bits per heavy atom. The summed E-state index contributed by atoms with van der Waals surface area (Å²) in [6.45, 7) is 7.45. The molecule has 2 aromatic heterocycles. The van der Waals surface area contributed by atoms with Crippen LogP contribution in [-0.4, -0.2) is 49.7 Å². The van der Waals surface area contributed by atoms with Crippen LogP contribution < -0.4 is 9.64 Å². The number of benzene rings is 1. The highest BCUT2D eigenvalue weighted by Gasteiger charge is 2.20. The highest BCUT2D eigenvalue weighted by atomic mass is 16.5. The van der Waals surface area contributed by atoms with Crippen molar-refractivity contribution < 1.29 is 9.15 Å². The van der Waals surface area contributed by atoms with Gasteiger partial charge in [-0.15, -0.1) is 0 Å². The third-order valence-corrected chi connectivity index (χ3v) is 4.94. The fourth-order valence-corrected chi connectivity index (χ4v) is 3.37. The van der Waals surface area contributed by atoms with Crippen LogP contribution in [0.5, 0.6) is 5.75 Å². The zero-order valence-electron chi connectivity index (χ0n) is 14.7. The van der Waals surface area contributed by atoms with Crippen LogP contribution in [0.2, 0.25) is 0 Å². The average Bonchev–Trinajstić information content (AvgIpc) is 3.16. The quantitative estimate of drug-likeness (QED) is 0.700. The zero-order valence-corrected chi connectivity index (χ0v) is 14.7. The van der Waals surface area contributed by atoms with E-state index in [1.165, 1.54) is 0 Å². The summed E-state index contributed by atoms with van der Waals surface area (Å²) in [7, 11) is 1.68. The molecule has 1 aliphatic heterocycles. The molecule has 3 heterocycles. The topological polar surface area (TPSA) is 41.7 Å². The molecule has 5 heteroatoms. The predicted octanol–water partition coefficient (Wildman–Crippen LogP) is 4.28. The van der Waals surface area contributed by atoms with Crippen LogP contribution in [0.3, 0.4) is 0 Å². The number of piperazine rings is 1. The summed E-state index contributed by atoms with van der Waals surface area (Å²) in [5, 5.41) is 1.09. The molecule has 1 fully saturated rings. The smallest absolute Gasteiger partial charge is 0.140 e. The summed E-state index contributed by atoms with van der Waals surface area (Å²) in [6.07, 6.45) is 1.75. The van der Waals surface area contributed by atoms with Gasteiger partial charge in [-0.25, -0.2) is 4.98 Å². The van der Waals surface area contributed by atoms with Gasteiger partial charge in [0.2, 0.25) is 0 Å². The van der Waals surface area contributed by atoms with E-state index in [2.05, 4.69) is 16.7 Å². The molecule has 0 amide bonds. The molecule has 26 heavy (non-hydrogen) atoms. The second-order valence-corrected chi connectivity index (χ2v) is 6.31. The van der Waals surface area contributed by atoms with E-state index in [1.54, 1.807) is 13.4 Å². The number of likely N-dealkylation sites (N-methyl/N-ethyl adjacent to an activating group) is 1. The van der Waals surface area contributed by atoms with Gasteiger partial charge in [0.25, 0.3) is 0 Å². The number of hydrogen-bond acceptors (Lipinski definition) is 5. The van der Waals surface area contributed by atoms with Gasteiger partial charge in [-0.1, -0.05) is 14.4 Å². The number of rotatable bonds is 4. The lowest BCUT2D eigenvalue weighted by molar-refractivity contribution is 0.271. The number of pyridine rings is 1. The van der Waals surface area contributed by atoms with Crippen LogP contribution in [-0.2, 0) is 0 Å². The lowest BCUT2D eigenvalue weighted by Gasteiger charge is -2.35. The number of hydrogen-bond donors (Lipinski definition) is 0. The van der Waals surface area contributed by atoms with Crippen molar-refractivity contribution >= 4 is 16.8 Å². The maximum atomic E-state index is 5.70. The molecule has 3 aromatic rings. The van der Waals surface area contributed by atoms with E-state index in [4.69, 9.17) is 14.1 Å². The molecule has 0 bridgehead atoms. The first-order valence-corrected chi connectivity index (χ1v) is 8.78. The molecule has 0 saturated carbocycles. The highest BCUT2D eigenvalue weighted by Crippen LogP contribution is 2.32. The number of furan rings is 1. The van der Waals surface area contributed by atoms with E-state index in [0.717, 1.165) is 66.5 Å². The Morgan fingerprint density at radius 1 is 1.08 bits per heavy atom. The third kappa shape index (κ3) is 3.40. The molecule has 1 aliphatic rings. The van der Waals surface area contributed by atoms with Crippen molar-refractivity contribution in [2.24, 2.45) is 0 Å². The molecule has 138 valence electrons. The minimum Gasteiger partial charge on any atom is -0.497 e. The Kier molecular flexibility index (Phi) is 5.47. The van der Waals surface area contributed by atoms with Gasteiger partial charge < -0.3 is 19.0 Å². The molecule has 0 spiro atoms. The van der Waals surface area contributed by atoms with Gasteiger partial charge in [-0.3, -0.25) is 0 Å². The highest BCUT2D eigenvalue weighted by molar-refractivity contribution is 5.91. The first-order chi connectivity index (χ1) is 12.3. The van der Waals surface area contributed by atoms with Crippen LogP contribution in [0.15, 0.2) is 47.1 Å². The molecule has 0 N–H and O–H groups in total. The zero-order chi connectivity index (χ0) is 17.2.